The zero-order valence-electron chi connectivity index (χ0n) is 11.1. The van der Waals surface area contributed by atoms with E-state index in [-0.39, 0.29) is 0 Å². The second kappa shape index (κ2) is 6.82. The second-order valence-electron chi connectivity index (χ2n) is 4.38. The monoisotopic (exact) mass is 255 g/mol. The Kier molecular flexibility index (Phi) is 5.72. The van der Waals surface area contributed by atoms with Crippen LogP contribution in [0.3, 0.4) is 0 Å². The van der Waals surface area contributed by atoms with Crippen LogP contribution in [0.1, 0.15) is 32.4 Å². The van der Waals surface area contributed by atoms with Crippen molar-refractivity contribution < 1.29 is 0 Å². The lowest BCUT2D eigenvalue weighted by Gasteiger charge is -2.26. The first-order valence-electron chi connectivity index (χ1n) is 6.13. The maximum atomic E-state index is 6.10. The van der Waals surface area contributed by atoms with Crippen molar-refractivity contribution >= 4 is 17.4 Å². The molecule has 0 saturated carbocycles. The van der Waals surface area contributed by atoms with E-state index < -0.39 is 0 Å². The van der Waals surface area contributed by atoms with Gasteiger partial charge in [-0.25, -0.2) is 4.98 Å². The van der Waals surface area contributed by atoms with Crippen LogP contribution < -0.4 is 10.2 Å². The molecular weight excluding hydrogens is 234 g/mol. The summed E-state index contributed by atoms with van der Waals surface area (Å²) < 4.78 is 0. The number of rotatable bonds is 6. The predicted molar refractivity (Wildman–Crippen MR) is 74.8 cm³/mol. The third kappa shape index (κ3) is 3.86. The minimum Gasteiger partial charge on any atom is -0.357 e. The highest BCUT2D eigenvalue weighted by molar-refractivity contribution is 6.31. The molecule has 96 valence electrons. The van der Waals surface area contributed by atoms with Crippen molar-refractivity contribution in [3.8, 4) is 0 Å². The zero-order chi connectivity index (χ0) is 12.8. The van der Waals surface area contributed by atoms with E-state index in [1.807, 2.05) is 19.2 Å². The van der Waals surface area contributed by atoms with Crippen LogP contribution >= 0.6 is 11.6 Å². The van der Waals surface area contributed by atoms with Crippen molar-refractivity contribution in [2.45, 2.75) is 39.3 Å². The normalized spacial score (nSPS) is 12.5. The molecule has 1 unspecified atom stereocenters. The molecule has 4 heteroatoms. The number of anilines is 1. The average Bonchev–Trinajstić information content (AvgIpc) is 2.31. The Morgan fingerprint density at radius 2 is 2.18 bits per heavy atom. The third-order valence-electron chi connectivity index (χ3n) is 2.98. The number of hydrogen-bond donors (Lipinski definition) is 1. The third-order valence-corrected chi connectivity index (χ3v) is 3.32. The fourth-order valence-corrected chi connectivity index (χ4v) is 1.97. The molecule has 1 rings (SSSR count). The number of nitrogens with one attached hydrogen (secondary N) is 1. The van der Waals surface area contributed by atoms with Crippen molar-refractivity contribution in [1.29, 1.82) is 0 Å². The summed E-state index contributed by atoms with van der Waals surface area (Å²) in [5.41, 5.74) is 0.905. The lowest BCUT2D eigenvalue weighted by atomic mass is 10.2. The first-order valence-corrected chi connectivity index (χ1v) is 6.50. The largest absolute Gasteiger partial charge is 0.357 e. The molecule has 3 nitrogen and oxygen atoms in total. The highest BCUT2D eigenvalue weighted by Crippen LogP contribution is 2.20. The Bertz CT molecular complexity index is 355. The molecule has 0 saturated heterocycles. The second-order valence-corrected chi connectivity index (χ2v) is 4.78. The molecule has 0 aliphatic rings. The maximum absolute atomic E-state index is 6.10. The van der Waals surface area contributed by atoms with Crippen LogP contribution in [0.15, 0.2) is 12.1 Å². The van der Waals surface area contributed by atoms with E-state index >= 15 is 0 Å². The topological polar surface area (TPSA) is 28.2 Å². The van der Waals surface area contributed by atoms with Gasteiger partial charge in [0.15, 0.2) is 0 Å². The number of pyridine rings is 1. The average molecular weight is 256 g/mol. The van der Waals surface area contributed by atoms with Crippen molar-refractivity contribution in [1.82, 2.24) is 10.3 Å². The molecule has 1 aromatic heterocycles. The van der Waals surface area contributed by atoms with Crippen molar-refractivity contribution in [2.75, 3.05) is 19.0 Å². The molecule has 17 heavy (non-hydrogen) atoms. The predicted octanol–water partition coefficient (Wildman–Crippen LogP) is 3.08. The first kappa shape index (κ1) is 14.3. The summed E-state index contributed by atoms with van der Waals surface area (Å²) >= 11 is 6.10. The van der Waals surface area contributed by atoms with Gasteiger partial charge in [0.2, 0.25) is 0 Å². The fourth-order valence-electron chi connectivity index (χ4n) is 1.80. The molecule has 1 heterocycles. The van der Waals surface area contributed by atoms with Gasteiger partial charge in [0.1, 0.15) is 5.82 Å². The summed E-state index contributed by atoms with van der Waals surface area (Å²) in [6, 6.07) is 4.40. The summed E-state index contributed by atoms with van der Waals surface area (Å²) in [5.74, 6) is 0.987. The molecule has 0 bridgehead atoms. The molecule has 0 spiro atoms. The maximum Gasteiger partial charge on any atom is 0.128 e. The van der Waals surface area contributed by atoms with Crippen molar-refractivity contribution in [3.63, 3.8) is 0 Å². The molecule has 0 amide bonds. The molecule has 0 aliphatic heterocycles. The van der Waals surface area contributed by atoms with Crippen molar-refractivity contribution in [2.24, 2.45) is 0 Å². The van der Waals surface area contributed by atoms with Gasteiger partial charge in [-0.2, -0.15) is 0 Å². The van der Waals surface area contributed by atoms with Gasteiger partial charge in [0, 0.05) is 19.6 Å². The Hall–Kier alpha value is -0.800. The summed E-state index contributed by atoms with van der Waals surface area (Å²) in [6.07, 6.45) is 2.35. The van der Waals surface area contributed by atoms with Crippen molar-refractivity contribution in [3.05, 3.63) is 22.8 Å². The number of nitrogens with zero attached hydrogens (tertiary/aromatic N) is 2. The standard InChI is InChI=1S/C13H22ClN3/c1-5-6-10(2)17(4)13-8-7-11(14)12(16-13)9-15-3/h7-8,10,15H,5-6,9H2,1-4H3. The summed E-state index contributed by atoms with van der Waals surface area (Å²) in [5, 5.41) is 3.80. The van der Waals surface area contributed by atoms with Gasteiger partial charge in [-0.3, -0.25) is 0 Å². The molecular formula is C13H22ClN3. The molecule has 1 N–H and O–H groups in total. The fraction of sp³-hybridized carbons (Fsp3) is 0.615. The van der Waals surface area contributed by atoms with Gasteiger partial charge >= 0.3 is 0 Å². The van der Waals surface area contributed by atoms with E-state index in [0.717, 1.165) is 16.5 Å². The smallest absolute Gasteiger partial charge is 0.128 e. The van der Waals surface area contributed by atoms with E-state index in [9.17, 15) is 0 Å². The summed E-state index contributed by atoms with van der Waals surface area (Å²) in [7, 11) is 3.98. The molecule has 0 aliphatic carbocycles. The van der Waals surface area contributed by atoms with Gasteiger partial charge in [0.05, 0.1) is 10.7 Å². The van der Waals surface area contributed by atoms with E-state index in [0.29, 0.717) is 12.6 Å². The SMILES string of the molecule is CCCC(C)N(C)c1ccc(Cl)c(CNC)n1. The van der Waals surface area contributed by atoms with Crippen LogP contribution in [0.2, 0.25) is 5.02 Å². The first-order chi connectivity index (χ1) is 8.10. The van der Waals surface area contributed by atoms with Crippen LogP contribution in [0.25, 0.3) is 0 Å². The lowest BCUT2D eigenvalue weighted by Crippen LogP contribution is -2.29. The number of hydrogen-bond acceptors (Lipinski definition) is 3. The molecule has 0 aromatic carbocycles. The Balaban J connectivity index is 2.86. The van der Waals surface area contributed by atoms with Crippen LogP contribution in [0.5, 0.6) is 0 Å². The summed E-state index contributed by atoms with van der Waals surface area (Å²) in [6.45, 7) is 5.12. The molecule has 1 aromatic rings. The van der Waals surface area contributed by atoms with E-state index in [2.05, 4.69) is 36.1 Å². The minimum absolute atomic E-state index is 0.496. The van der Waals surface area contributed by atoms with Crippen LogP contribution in [-0.4, -0.2) is 25.1 Å². The van der Waals surface area contributed by atoms with Crippen LogP contribution in [0.4, 0.5) is 5.82 Å². The van der Waals surface area contributed by atoms with E-state index in [1.165, 1.54) is 12.8 Å². The Morgan fingerprint density at radius 3 is 2.76 bits per heavy atom. The van der Waals surface area contributed by atoms with Gasteiger partial charge in [0.25, 0.3) is 0 Å². The van der Waals surface area contributed by atoms with Crippen LogP contribution in [0, 0.1) is 0 Å². The lowest BCUT2D eigenvalue weighted by molar-refractivity contribution is 0.609. The minimum atomic E-state index is 0.496. The highest BCUT2D eigenvalue weighted by Gasteiger charge is 2.12. The number of aromatic nitrogens is 1. The van der Waals surface area contributed by atoms with Crippen LogP contribution in [-0.2, 0) is 6.54 Å². The highest BCUT2D eigenvalue weighted by atomic mass is 35.5. The van der Waals surface area contributed by atoms with Gasteiger partial charge < -0.3 is 10.2 Å². The zero-order valence-corrected chi connectivity index (χ0v) is 11.9. The van der Waals surface area contributed by atoms with Gasteiger partial charge in [-0.05, 0) is 32.5 Å². The van der Waals surface area contributed by atoms with E-state index in [4.69, 9.17) is 11.6 Å². The molecule has 0 radical (unpaired) electrons. The van der Waals surface area contributed by atoms with E-state index in [1.54, 1.807) is 0 Å². The summed E-state index contributed by atoms with van der Waals surface area (Å²) in [4.78, 5) is 6.80. The van der Waals surface area contributed by atoms with Gasteiger partial charge in [-0.1, -0.05) is 24.9 Å². The Labute approximate surface area is 109 Å². The number of halogens is 1. The quantitative estimate of drug-likeness (QED) is 0.847. The molecule has 0 fully saturated rings. The Morgan fingerprint density at radius 1 is 1.47 bits per heavy atom. The van der Waals surface area contributed by atoms with Gasteiger partial charge in [-0.15, -0.1) is 0 Å². The molecule has 1 atom stereocenters.